The van der Waals surface area contributed by atoms with E-state index in [2.05, 4.69) is 9.97 Å². The molecule has 0 unspecified atom stereocenters. The van der Waals surface area contributed by atoms with Gasteiger partial charge in [0, 0.05) is 26.0 Å². The first-order chi connectivity index (χ1) is 8.76. The monoisotopic (exact) mass is 251 g/mol. The largest absolute Gasteiger partial charge is 0.467 e. The van der Waals surface area contributed by atoms with Gasteiger partial charge in [0.25, 0.3) is 5.91 Å². The van der Waals surface area contributed by atoms with Crippen molar-refractivity contribution in [3.8, 4) is 6.01 Å². The highest BCUT2D eigenvalue weighted by Gasteiger charge is 2.29. The molecule has 1 amide bonds. The summed E-state index contributed by atoms with van der Waals surface area (Å²) in [5.41, 5.74) is 0.485. The fraction of sp³-hybridized carbons (Fsp3) is 0.583. The molecule has 1 aromatic rings. The van der Waals surface area contributed by atoms with Gasteiger partial charge < -0.3 is 14.4 Å². The second-order valence-electron chi connectivity index (χ2n) is 4.21. The summed E-state index contributed by atoms with van der Waals surface area (Å²) in [7, 11) is 3.14. The van der Waals surface area contributed by atoms with Gasteiger partial charge in [-0.1, -0.05) is 0 Å². The summed E-state index contributed by atoms with van der Waals surface area (Å²) < 4.78 is 10.0. The van der Waals surface area contributed by atoms with Crippen LogP contribution in [-0.4, -0.2) is 54.2 Å². The molecular weight excluding hydrogens is 234 g/mol. The minimum Gasteiger partial charge on any atom is -0.467 e. The first kappa shape index (κ1) is 12.8. The van der Waals surface area contributed by atoms with E-state index < -0.39 is 0 Å². The van der Waals surface area contributed by atoms with Crippen molar-refractivity contribution in [2.45, 2.75) is 18.9 Å². The van der Waals surface area contributed by atoms with Gasteiger partial charge in [-0.05, 0) is 12.8 Å². The Kier molecular flexibility index (Phi) is 4.09. The summed E-state index contributed by atoms with van der Waals surface area (Å²) in [5, 5.41) is 0. The average Bonchev–Trinajstić information content (AvgIpc) is 2.87. The van der Waals surface area contributed by atoms with Crippen molar-refractivity contribution in [3.63, 3.8) is 0 Å². The van der Waals surface area contributed by atoms with Crippen molar-refractivity contribution in [2.75, 3.05) is 27.4 Å². The third-order valence-electron chi connectivity index (χ3n) is 3.05. The Morgan fingerprint density at radius 2 is 2.17 bits per heavy atom. The third kappa shape index (κ3) is 2.59. The predicted octanol–water partition coefficient (Wildman–Crippen LogP) is 0.736. The smallest absolute Gasteiger partial charge is 0.316 e. The number of aromatic nitrogens is 2. The van der Waals surface area contributed by atoms with Crippen molar-refractivity contribution in [2.24, 2.45) is 0 Å². The van der Waals surface area contributed by atoms with Crippen LogP contribution in [0, 0.1) is 0 Å². The number of hydrogen-bond donors (Lipinski definition) is 0. The summed E-state index contributed by atoms with van der Waals surface area (Å²) in [4.78, 5) is 22.0. The van der Waals surface area contributed by atoms with Crippen molar-refractivity contribution < 1.29 is 14.3 Å². The minimum absolute atomic E-state index is 0.0443. The Morgan fingerprint density at radius 1 is 1.44 bits per heavy atom. The van der Waals surface area contributed by atoms with Gasteiger partial charge >= 0.3 is 6.01 Å². The zero-order valence-corrected chi connectivity index (χ0v) is 10.6. The average molecular weight is 251 g/mol. The molecule has 0 aromatic carbocycles. The van der Waals surface area contributed by atoms with Gasteiger partial charge in [0.2, 0.25) is 0 Å². The van der Waals surface area contributed by atoms with Crippen LogP contribution in [0.15, 0.2) is 12.4 Å². The van der Waals surface area contributed by atoms with Gasteiger partial charge in [0.05, 0.1) is 25.3 Å². The number of carbonyl (C=O) groups excluding carboxylic acids is 1. The van der Waals surface area contributed by atoms with Crippen molar-refractivity contribution >= 4 is 5.91 Å². The summed E-state index contributed by atoms with van der Waals surface area (Å²) in [5.74, 6) is -0.0443. The first-order valence-corrected chi connectivity index (χ1v) is 5.92. The second-order valence-corrected chi connectivity index (χ2v) is 4.21. The fourth-order valence-corrected chi connectivity index (χ4v) is 2.17. The Labute approximate surface area is 106 Å². The number of ether oxygens (including phenoxy) is 2. The van der Waals surface area contributed by atoms with Crippen LogP contribution in [0.5, 0.6) is 6.01 Å². The molecule has 0 radical (unpaired) electrons. The molecule has 6 nitrogen and oxygen atoms in total. The summed E-state index contributed by atoms with van der Waals surface area (Å²) in [6, 6.07) is 0.422. The molecule has 2 heterocycles. The molecule has 2 rings (SSSR count). The lowest BCUT2D eigenvalue weighted by atomic mass is 10.2. The van der Waals surface area contributed by atoms with E-state index in [4.69, 9.17) is 9.47 Å². The van der Waals surface area contributed by atoms with E-state index in [0.717, 1.165) is 19.4 Å². The van der Waals surface area contributed by atoms with Gasteiger partial charge in [-0.2, -0.15) is 0 Å². The lowest BCUT2D eigenvalue weighted by molar-refractivity contribution is 0.0629. The lowest BCUT2D eigenvalue weighted by Gasteiger charge is -2.23. The Bertz CT molecular complexity index is 408. The maximum atomic E-state index is 12.3. The zero-order chi connectivity index (χ0) is 13.0. The molecule has 0 aliphatic carbocycles. The van der Waals surface area contributed by atoms with E-state index in [1.807, 2.05) is 4.90 Å². The zero-order valence-electron chi connectivity index (χ0n) is 10.6. The Balaban J connectivity index is 2.09. The minimum atomic E-state index is -0.0443. The molecule has 0 N–H and O–H groups in total. The Hall–Kier alpha value is -1.69. The van der Waals surface area contributed by atoms with Crippen LogP contribution in [-0.2, 0) is 4.74 Å². The number of nitrogens with zero attached hydrogens (tertiary/aromatic N) is 3. The van der Waals surface area contributed by atoms with Gasteiger partial charge in [-0.25, -0.2) is 9.97 Å². The van der Waals surface area contributed by atoms with Gasteiger partial charge in [-0.3, -0.25) is 4.79 Å². The van der Waals surface area contributed by atoms with Crippen molar-refractivity contribution in [3.05, 3.63) is 18.0 Å². The van der Waals surface area contributed by atoms with E-state index in [0.29, 0.717) is 12.2 Å². The molecule has 1 aliphatic heterocycles. The highest BCUT2D eigenvalue weighted by molar-refractivity contribution is 5.94. The summed E-state index contributed by atoms with van der Waals surface area (Å²) in [6.45, 7) is 1.33. The SMILES string of the molecule is COC[C@@H]1CCCN1C(=O)c1cnc(OC)nc1. The van der Waals surface area contributed by atoms with Gasteiger partial charge in [-0.15, -0.1) is 0 Å². The molecule has 1 fully saturated rings. The van der Waals surface area contributed by atoms with Crippen LogP contribution in [0.3, 0.4) is 0 Å². The quantitative estimate of drug-likeness (QED) is 0.789. The van der Waals surface area contributed by atoms with Crippen LogP contribution in [0.1, 0.15) is 23.2 Å². The molecule has 1 aromatic heterocycles. The number of hydrogen-bond acceptors (Lipinski definition) is 5. The highest BCUT2D eigenvalue weighted by Crippen LogP contribution is 2.20. The molecule has 0 bridgehead atoms. The van der Waals surface area contributed by atoms with Crippen molar-refractivity contribution in [1.82, 2.24) is 14.9 Å². The number of amides is 1. The molecule has 0 spiro atoms. The molecule has 6 heteroatoms. The Morgan fingerprint density at radius 3 is 2.78 bits per heavy atom. The van der Waals surface area contributed by atoms with E-state index in [9.17, 15) is 4.79 Å². The second kappa shape index (κ2) is 5.77. The maximum absolute atomic E-state index is 12.3. The number of carbonyl (C=O) groups is 1. The van der Waals surface area contributed by atoms with Crippen LogP contribution >= 0.6 is 0 Å². The van der Waals surface area contributed by atoms with Crippen LogP contribution in [0.25, 0.3) is 0 Å². The lowest BCUT2D eigenvalue weighted by Crippen LogP contribution is -2.38. The van der Waals surface area contributed by atoms with Crippen molar-refractivity contribution in [1.29, 1.82) is 0 Å². The third-order valence-corrected chi connectivity index (χ3v) is 3.05. The molecule has 98 valence electrons. The van der Waals surface area contributed by atoms with Gasteiger partial charge in [0.1, 0.15) is 0 Å². The maximum Gasteiger partial charge on any atom is 0.316 e. The molecule has 1 atom stereocenters. The molecular formula is C12H17N3O3. The van der Waals surface area contributed by atoms with E-state index >= 15 is 0 Å². The van der Waals surface area contributed by atoms with Crippen LogP contribution < -0.4 is 4.74 Å². The predicted molar refractivity (Wildman–Crippen MR) is 64.5 cm³/mol. The number of rotatable bonds is 4. The molecule has 0 saturated carbocycles. The topological polar surface area (TPSA) is 64.5 Å². The summed E-state index contributed by atoms with van der Waals surface area (Å²) in [6.07, 6.45) is 4.99. The molecule has 1 aliphatic rings. The molecule has 1 saturated heterocycles. The van der Waals surface area contributed by atoms with E-state index in [-0.39, 0.29) is 18.0 Å². The number of methoxy groups -OCH3 is 2. The number of likely N-dealkylation sites (tertiary alicyclic amines) is 1. The van der Waals surface area contributed by atoms with Crippen LogP contribution in [0.4, 0.5) is 0 Å². The van der Waals surface area contributed by atoms with Gasteiger partial charge in [0.15, 0.2) is 0 Å². The van der Waals surface area contributed by atoms with E-state index in [1.54, 1.807) is 7.11 Å². The standard InChI is InChI=1S/C12H17N3O3/c1-17-8-10-4-3-5-15(10)11(16)9-6-13-12(18-2)14-7-9/h6-7,10H,3-5,8H2,1-2H3/t10-/m0/s1. The first-order valence-electron chi connectivity index (χ1n) is 5.92. The summed E-state index contributed by atoms with van der Waals surface area (Å²) >= 11 is 0. The molecule has 18 heavy (non-hydrogen) atoms. The highest BCUT2D eigenvalue weighted by atomic mass is 16.5. The van der Waals surface area contributed by atoms with Crippen LogP contribution in [0.2, 0.25) is 0 Å². The fourth-order valence-electron chi connectivity index (χ4n) is 2.17. The van der Waals surface area contributed by atoms with E-state index in [1.165, 1.54) is 19.5 Å². The normalized spacial score (nSPS) is 19.0.